The molecule has 7 nitrogen and oxygen atoms in total. The summed E-state index contributed by atoms with van der Waals surface area (Å²) < 4.78 is 7.75. The summed E-state index contributed by atoms with van der Waals surface area (Å²) >= 11 is 6.75. The molecule has 174 valence electrons. The molecule has 0 N–H and O–H groups in total. The van der Waals surface area contributed by atoms with Crippen molar-refractivity contribution in [3.63, 3.8) is 0 Å². The third-order valence-electron chi connectivity index (χ3n) is 6.76. The molecule has 0 aromatic carbocycles. The first-order valence-electron chi connectivity index (χ1n) is 11.6. The summed E-state index contributed by atoms with van der Waals surface area (Å²) in [5.74, 6) is 0.465. The Labute approximate surface area is 202 Å². The number of thioether (sulfide) groups is 1. The highest BCUT2D eigenvalue weighted by atomic mass is 32.2. The number of hydrogen-bond acceptors (Lipinski definition) is 7. The number of rotatable bonds is 5. The fraction of sp³-hybridized carbons (Fsp3) is 0.500. The second-order valence-corrected chi connectivity index (χ2v) is 10.6. The average Bonchev–Trinajstić information content (AvgIpc) is 3.45. The number of thiocarbonyl (C=S) groups is 1. The lowest BCUT2D eigenvalue weighted by Gasteiger charge is -2.33. The SMILES string of the molecule is CN(c1nc2ccccn2c(=O)c1C=C1SC(=S)N(CC2CCCO2)C1=O)C1CCCCC1. The Balaban J connectivity index is 1.54. The van der Waals surface area contributed by atoms with E-state index < -0.39 is 0 Å². The number of carbonyl (C=O) groups is 1. The van der Waals surface area contributed by atoms with Gasteiger partial charge in [0.25, 0.3) is 11.5 Å². The Morgan fingerprint density at radius 1 is 1.21 bits per heavy atom. The van der Waals surface area contributed by atoms with Crippen LogP contribution in [-0.4, -0.2) is 56.9 Å². The molecule has 1 unspecified atom stereocenters. The highest BCUT2D eigenvalue weighted by Crippen LogP contribution is 2.35. The second kappa shape index (κ2) is 9.56. The summed E-state index contributed by atoms with van der Waals surface area (Å²) in [7, 11) is 2.01. The van der Waals surface area contributed by atoms with E-state index in [2.05, 4.69) is 4.90 Å². The maximum Gasteiger partial charge on any atom is 0.267 e. The van der Waals surface area contributed by atoms with Crippen LogP contribution in [0.5, 0.6) is 0 Å². The molecule has 2 aliphatic heterocycles. The number of anilines is 1. The van der Waals surface area contributed by atoms with Crippen LogP contribution in [0.15, 0.2) is 34.1 Å². The van der Waals surface area contributed by atoms with Crippen LogP contribution in [0.4, 0.5) is 5.82 Å². The van der Waals surface area contributed by atoms with Crippen LogP contribution in [-0.2, 0) is 9.53 Å². The molecular formula is C24H28N4O3S2. The number of nitrogens with zero attached hydrogens (tertiary/aromatic N) is 4. The molecule has 2 aromatic rings. The van der Waals surface area contributed by atoms with Crippen molar-refractivity contribution >= 4 is 51.7 Å². The van der Waals surface area contributed by atoms with Crippen LogP contribution in [0.2, 0.25) is 0 Å². The molecular weight excluding hydrogens is 456 g/mol. The fourth-order valence-electron chi connectivity index (χ4n) is 4.91. The molecule has 2 aromatic heterocycles. The van der Waals surface area contributed by atoms with Gasteiger partial charge in [-0.15, -0.1) is 0 Å². The van der Waals surface area contributed by atoms with Crippen molar-refractivity contribution in [1.82, 2.24) is 14.3 Å². The van der Waals surface area contributed by atoms with Gasteiger partial charge >= 0.3 is 0 Å². The van der Waals surface area contributed by atoms with Crippen molar-refractivity contribution in [2.75, 3.05) is 25.1 Å². The zero-order valence-electron chi connectivity index (χ0n) is 18.7. The van der Waals surface area contributed by atoms with Crippen molar-refractivity contribution < 1.29 is 9.53 Å². The first kappa shape index (κ1) is 22.6. The zero-order chi connectivity index (χ0) is 22.9. The number of hydrogen-bond donors (Lipinski definition) is 0. The summed E-state index contributed by atoms with van der Waals surface area (Å²) in [6.45, 7) is 1.19. The Bertz CT molecular complexity index is 1170. The molecule has 0 radical (unpaired) electrons. The number of carbonyl (C=O) groups excluding carboxylic acids is 1. The van der Waals surface area contributed by atoms with Gasteiger partial charge in [-0.05, 0) is 43.9 Å². The van der Waals surface area contributed by atoms with Gasteiger partial charge in [0.2, 0.25) is 0 Å². The molecule has 0 bridgehead atoms. The highest BCUT2D eigenvalue weighted by molar-refractivity contribution is 8.26. The number of amides is 1. The second-order valence-electron chi connectivity index (χ2n) is 8.91. The largest absolute Gasteiger partial charge is 0.376 e. The Morgan fingerprint density at radius 2 is 2.03 bits per heavy atom. The predicted molar refractivity (Wildman–Crippen MR) is 136 cm³/mol. The standard InChI is InChI=1S/C24H28N4O3S2/c1-26(16-8-3-2-4-9-16)21-18(22(29)27-12-6-5-11-20(27)25-21)14-19-23(30)28(24(32)33-19)15-17-10-7-13-31-17/h5-6,11-12,14,16-17H,2-4,7-10,13,15H2,1H3. The topological polar surface area (TPSA) is 67.2 Å². The van der Waals surface area contributed by atoms with Crippen molar-refractivity contribution in [2.45, 2.75) is 57.1 Å². The van der Waals surface area contributed by atoms with Gasteiger partial charge in [-0.3, -0.25) is 18.9 Å². The Hall–Kier alpha value is -2.23. The van der Waals surface area contributed by atoms with Gasteiger partial charge in [0.1, 0.15) is 15.8 Å². The van der Waals surface area contributed by atoms with E-state index in [4.69, 9.17) is 21.9 Å². The lowest BCUT2D eigenvalue weighted by molar-refractivity contribution is -0.123. The molecule has 33 heavy (non-hydrogen) atoms. The van der Waals surface area contributed by atoms with E-state index >= 15 is 0 Å². The number of ether oxygens (including phenoxy) is 1. The van der Waals surface area contributed by atoms with E-state index in [0.29, 0.717) is 38.8 Å². The van der Waals surface area contributed by atoms with Gasteiger partial charge < -0.3 is 9.64 Å². The van der Waals surface area contributed by atoms with Crippen molar-refractivity contribution in [3.05, 3.63) is 45.2 Å². The Kier molecular flexibility index (Phi) is 6.53. The van der Waals surface area contributed by atoms with Crippen LogP contribution in [0.3, 0.4) is 0 Å². The molecule has 2 saturated heterocycles. The molecule has 9 heteroatoms. The van der Waals surface area contributed by atoms with Crippen LogP contribution in [0, 0.1) is 0 Å². The third-order valence-corrected chi connectivity index (χ3v) is 8.14. The monoisotopic (exact) mass is 484 g/mol. The zero-order valence-corrected chi connectivity index (χ0v) is 20.4. The molecule has 4 heterocycles. The van der Waals surface area contributed by atoms with E-state index in [-0.39, 0.29) is 17.6 Å². The van der Waals surface area contributed by atoms with Gasteiger partial charge in [-0.1, -0.05) is 49.3 Å². The average molecular weight is 485 g/mol. The summed E-state index contributed by atoms with van der Waals surface area (Å²) in [6, 6.07) is 5.86. The van der Waals surface area contributed by atoms with Gasteiger partial charge in [0.05, 0.1) is 23.1 Å². The van der Waals surface area contributed by atoms with Crippen LogP contribution in [0.1, 0.15) is 50.5 Å². The fourth-order valence-corrected chi connectivity index (χ4v) is 6.16. The van der Waals surface area contributed by atoms with E-state index in [1.165, 1.54) is 35.4 Å². The maximum absolute atomic E-state index is 13.5. The lowest BCUT2D eigenvalue weighted by atomic mass is 9.94. The normalized spacial score (nSPS) is 23.2. The number of fused-ring (bicyclic) bond motifs is 1. The molecule has 3 aliphatic rings. The minimum absolute atomic E-state index is 0.0211. The summed E-state index contributed by atoms with van der Waals surface area (Å²) in [5, 5.41) is 0. The van der Waals surface area contributed by atoms with Crippen LogP contribution >= 0.6 is 24.0 Å². The minimum atomic E-state index is -0.178. The summed E-state index contributed by atoms with van der Waals surface area (Å²) in [6.07, 6.45) is 11.1. The van der Waals surface area contributed by atoms with E-state index in [1.54, 1.807) is 17.2 Å². The van der Waals surface area contributed by atoms with Crippen LogP contribution < -0.4 is 10.5 Å². The number of pyridine rings is 1. The predicted octanol–water partition coefficient (Wildman–Crippen LogP) is 3.84. The minimum Gasteiger partial charge on any atom is -0.376 e. The first-order chi connectivity index (χ1) is 16.0. The van der Waals surface area contributed by atoms with Crippen molar-refractivity contribution in [1.29, 1.82) is 0 Å². The molecule has 1 aliphatic carbocycles. The summed E-state index contributed by atoms with van der Waals surface area (Å²) in [5.41, 5.74) is 0.857. The van der Waals surface area contributed by atoms with Gasteiger partial charge in [-0.25, -0.2) is 4.98 Å². The van der Waals surface area contributed by atoms with Gasteiger partial charge in [-0.2, -0.15) is 0 Å². The van der Waals surface area contributed by atoms with E-state index in [1.807, 2.05) is 25.2 Å². The number of aromatic nitrogens is 2. The molecule has 1 atom stereocenters. The van der Waals surface area contributed by atoms with Gasteiger partial charge in [0.15, 0.2) is 0 Å². The Morgan fingerprint density at radius 3 is 2.79 bits per heavy atom. The molecule has 1 amide bonds. The quantitative estimate of drug-likeness (QED) is 0.472. The molecule has 0 spiro atoms. The lowest BCUT2D eigenvalue weighted by Crippen LogP contribution is -2.36. The smallest absolute Gasteiger partial charge is 0.267 e. The van der Waals surface area contributed by atoms with E-state index in [0.717, 1.165) is 32.3 Å². The molecule has 5 rings (SSSR count). The van der Waals surface area contributed by atoms with Crippen LogP contribution in [0.25, 0.3) is 11.7 Å². The molecule has 1 saturated carbocycles. The highest BCUT2D eigenvalue weighted by Gasteiger charge is 2.35. The third kappa shape index (κ3) is 4.46. The maximum atomic E-state index is 13.5. The van der Waals surface area contributed by atoms with Crippen molar-refractivity contribution in [3.8, 4) is 0 Å². The first-order valence-corrected chi connectivity index (χ1v) is 12.9. The molecule has 3 fully saturated rings. The van der Waals surface area contributed by atoms with Gasteiger partial charge in [0, 0.05) is 25.9 Å². The van der Waals surface area contributed by atoms with Crippen molar-refractivity contribution in [2.24, 2.45) is 0 Å². The van der Waals surface area contributed by atoms with E-state index in [9.17, 15) is 9.59 Å². The summed E-state index contributed by atoms with van der Waals surface area (Å²) in [4.78, 5) is 35.8.